The van der Waals surface area contributed by atoms with Gasteiger partial charge in [0.1, 0.15) is 5.54 Å². The van der Waals surface area contributed by atoms with E-state index in [9.17, 15) is 19.5 Å². The van der Waals surface area contributed by atoms with Crippen LogP contribution in [0.25, 0.3) is 0 Å². The number of aromatic hydroxyl groups is 1. The largest absolute Gasteiger partial charge is 0.504 e. The lowest BCUT2D eigenvalue weighted by Gasteiger charge is -2.32. The molecule has 34 heavy (non-hydrogen) atoms. The number of methoxy groups -OCH3 is 2. The van der Waals surface area contributed by atoms with Crippen molar-refractivity contribution in [2.75, 3.05) is 31.1 Å². The zero-order valence-corrected chi connectivity index (χ0v) is 20.3. The Morgan fingerprint density at radius 1 is 1.15 bits per heavy atom. The van der Waals surface area contributed by atoms with Gasteiger partial charge in [-0.2, -0.15) is 11.8 Å². The molecule has 0 unspecified atom stereocenters. The van der Waals surface area contributed by atoms with Crippen molar-refractivity contribution in [1.82, 2.24) is 5.32 Å². The Morgan fingerprint density at radius 2 is 1.85 bits per heavy atom. The molecule has 0 aromatic heterocycles. The molecule has 2 aliphatic rings. The third kappa shape index (κ3) is 3.73. The molecule has 0 radical (unpaired) electrons. The van der Waals surface area contributed by atoms with Crippen LogP contribution in [0.5, 0.6) is 11.5 Å². The Balaban J connectivity index is 1.87. The minimum atomic E-state index is -1.37. The first-order chi connectivity index (χ1) is 16.3. The van der Waals surface area contributed by atoms with Crippen molar-refractivity contribution in [2.24, 2.45) is 11.8 Å². The fourth-order valence-electron chi connectivity index (χ4n) is 5.09. The van der Waals surface area contributed by atoms with Crippen molar-refractivity contribution in [3.8, 4) is 11.5 Å². The standard InChI is InChI=1S/C25H28N2O6S/c1-14-5-8-16(9-6-14)27-22(29)19-20(23(27)30)25(11-12-34-4,24(31)33-3)26-21(19)15-7-10-17(28)18(13-15)32-2/h5-10,13,19-21,26,28H,11-12H2,1-4H3/t19-,20+,21+,25-/m1/s1. The van der Waals surface area contributed by atoms with E-state index in [0.29, 0.717) is 23.4 Å². The number of nitrogens with zero attached hydrogens (tertiary/aromatic N) is 1. The zero-order chi connectivity index (χ0) is 24.6. The first kappa shape index (κ1) is 24.1. The van der Waals surface area contributed by atoms with Gasteiger partial charge in [0.15, 0.2) is 11.5 Å². The van der Waals surface area contributed by atoms with Crippen molar-refractivity contribution in [3.05, 3.63) is 53.6 Å². The molecule has 2 heterocycles. The summed E-state index contributed by atoms with van der Waals surface area (Å²) in [5, 5.41) is 13.4. The number of amides is 2. The van der Waals surface area contributed by atoms with Crippen LogP contribution in [0.2, 0.25) is 0 Å². The predicted octanol–water partition coefficient (Wildman–Crippen LogP) is 2.82. The molecule has 2 amide bonds. The number of carbonyl (C=O) groups excluding carboxylic acids is 3. The van der Waals surface area contributed by atoms with Crippen LogP contribution in [0.15, 0.2) is 42.5 Å². The van der Waals surface area contributed by atoms with E-state index in [0.717, 1.165) is 5.56 Å². The number of ether oxygens (including phenoxy) is 2. The van der Waals surface area contributed by atoms with E-state index in [-0.39, 0.29) is 17.4 Å². The maximum atomic E-state index is 13.8. The van der Waals surface area contributed by atoms with Crippen LogP contribution in [-0.2, 0) is 19.1 Å². The highest BCUT2D eigenvalue weighted by molar-refractivity contribution is 7.98. The number of hydrogen-bond acceptors (Lipinski definition) is 8. The Morgan fingerprint density at radius 3 is 2.47 bits per heavy atom. The molecule has 2 aromatic carbocycles. The molecule has 0 saturated carbocycles. The molecule has 0 spiro atoms. The summed E-state index contributed by atoms with van der Waals surface area (Å²) in [4.78, 5) is 42.0. The number of phenolic OH excluding ortho intramolecular Hbond substituents is 1. The highest BCUT2D eigenvalue weighted by atomic mass is 32.2. The van der Waals surface area contributed by atoms with Gasteiger partial charge in [-0.3, -0.25) is 19.7 Å². The van der Waals surface area contributed by atoms with E-state index in [1.165, 1.54) is 25.2 Å². The summed E-state index contributed by atoms with van der Waals surface area (Å²) in [6, 6.07) is 11.3. The molecular weight excluding hydrogens is 456 g/mol. The summed E-state index contributed by atoms with van der Waals surface area (Å²) in [5.41, 5.74) is 0.736. The number of rotatable bonds is 7. The number of hydrogen-bond donors (Lipinski definition) is 2. The number of fused-ring (bicyclic) bond motifs is 1. The van der Waals surface area contributed by atoms with Crippen molar-refractivity contribution in [2.45, 2.75) is 24.9 Å². The lowest BCUT2D eigenvalue weighted by Crippen LogP contribution is -2.56. The summed E-state index contributed by atoms with van der Waals surface area (Å²) >= 11 is 1.54. The van der Waals surface area contributed by atoms with E-state index in [4.69, 9.17) is 9.47 Å². The number of phenols is 1. The molecule has 4 atom stereocenters. The summed E-state index contributed by atoms with van der Waals surface area (Å²) in [5.74, 6) is -2.36. The normalized spacial score (nSPS) is 26.0. The van der Waals surface area contributed by atoms with Gasteiger partial charge < -0.3 is 14.6 Å². The number of esters is 1. The molecule has 2 aliphatic heterocycles. The van der Waals surface area contributed by atoms with Crippen LogP contribution in [0.4, 0.5) is 5.69 Å². The number of thioether (sulfide) groups is 1. The first-order valence-corrected chi connectivity index (χ1v) is 12.3. The molecule has 0 aliphatic carbocycles. The topological polar surface area (TPSA) is 105 Å². The van der Waals surface area contributed by atoms with Crippen molar-refractivity contribution in [3.63, 3.8) is 0 Å². The number of aryl methyl sites for hydroxylation is 1. The van der Waals surface area contributed by atoms with E-state index in [2.05, 4.69) is 5.32 Å². The van der Waals surface area contributed by atoms with E-state index in [1.54, 1.807) is 36.0 Å². The second-order valence-corrected chi connectivity index (χ2v) is 9.60. The second kappa shape index (κ2) is 9.31. The van der Waals surface area contributed by atoms with Gasteiger partial charge >= 0.3 is 5.97 Å². The highest BCUT2D eigenvalue weighted by Crippen LogP contribution is 2.52. The van der Waals surface area contributed by atoms with Gasteiger partial charge in [0.2, 0.25) is 11.8 Å². The van der Waals surface area contributed by atoms with E-state index >= 15 is 0 Å². The molecule has 180 valence electrons. The van der Waals surface area contributed by atoms with Crippen LogP contribution in [0.1, 0.15) is 23.6 Å². The van der Waals surface area contributed by atoms with Gasteiger partial charge in [-0.25, -0.2) is 4.90 Å². The average molecular weight is 485 g/mol. The smallest absolute Gasteiger partial charge is 0.326 e. The third-order valence-corrected chi connectivity index (χ3v) is 7.37. The minimum Gasteiger partial charge on any atom is -0.504 e. The molecule has 0 bridgehead atoms. The van der Waals surface area contributed by atoms with Gasteiger partial charge in [0.25, 0.3) is 0 Å². The zero-order valence-electron chi connectivity index (χ0n) is 19.5. The minimum absolute atomic E-state index is 0.0440. The van der Waals surface area contributed by atoms with Crippen molar-refractivity contribution >= 4 is 35.2 Å². The van der Waals surface area contributed by atoms with Gasteiger partial charge in [-0.15, -0.1) is 0 Å². The average Bonchev–Trinajstić information content (AvgIpc) is 3.32. The van der Waals surface area contributed by atoms with Gasteiger partial charge in [0.05, 0.1) is 31.7 Å². The van der Waals surface area contributed by atoms with Crippen LogP contribution < -0.4 is 15.0 Å². The molecule has 4 rings (SSSR count). The fraction of sp³-hybridized carbons (Fsp3) is 0.400. The van der Waals surface area contributed by atoms with Gasteiger partial charge in [0, 0.05) is 6.04 Å². The van der Waals surface area contributed by atoms with E-state index < -0.39 is 35.3 Å². The summed E-state index contributed by atoms with van der Waals surface area (Å²) in [6.07, 6.45) is 2.23. The van der Waals surface area contributed by atoms with Crippen LogP contribution in [0, 0.1) is 18.8 Å². The van der Waals surface area contributed by atoms with Crippen molar-refractivity contribution in [1.29, 1.82) is 0 Å². The SMILES string of the molecule is COC(=O)[C@]1(CCSC)N[C@@H](c2ccc(O)c(OC)c2)[C@@H]2C(=O)N(c3ccc(C)cc3)C(=O)[C@H]21. The molecule has 9 heteroatoms. The molecule has 2 aromatic rings. The Hall–Kier alpha value is -3.04. The number of benzene rings is 2. The Kier molecular flexibility index (Phi) is 6.60. The molecular formula is C25H28N2O6S. The number of carbonyl (C=O) groups is 3. The highest BCUT2D eigenvalue weighted by Gasteiger charge is 2.68. The predicted molar refractivity (Wildman–Crippen MR) is 129 cm³/mol. The lowest BCUT2D eigenvalue weighted by atomic mass is 9.78. The van der Waals surface area contributed by atoms with Crippen LogP contribution >= 0.6 is 11.8 Å². The summed E-state index contributed by atoms with van der Waals surface area (Å²) < 4.78 is 10.4. The van der Waals surface area contributed by atoms with Gasteiger partial charge in [-0.05, 0) is 55.2 Å². The van der Waals surface area contributed by atoms with Crippen LogP contribution in [-0.4, -0.2) is 54.7 Å². The monoisotopic (exact) mass is 484 g/mol. The summed E-state index contributed by atoms with van der Waals surface area (Å²) in [7, 11) is 2.72. The molecule has 8 nitrogen and oxygen atoms in total. The first-order valence-electron chi connectivity index (χ1n) is 11.0. The maximum Gasteiger partial charge on any atom is 0.326 e. The van der Waals surface area contributed by atoms with Crippen LogP contribution in [0.3, 0.4) is 0 Å². The summed E-state index contributed by atoms with van der Waals surface area (Å²) in [6.45, 7) is 1.93. The van der Waals surface area contributed by atoms with Gasteiger partial charge in [-0.1, -0.05) is 23.8 Å². The number of nitrogens with one attached hydrogen (secondary N) is 1. The number of imide groups is 1. The van der Waals surface area contributed by atoms with E-state index in [1.807, 2.05) is 25.3 Å². The quantitative estimate of drug-likeness (QED) is 0.457. The maximum absolute atomic E-state index is 13.8. The number of anilines is 1. The Bertz CT molecular complexity index is 1120. The lowest BCUT2D eigenvalue weighted by molar-refractivity contribution is -0.152. The second-order valence-electron chi connectivity index (χ2n) is 8.61. The fourth-order valence-corrected chi connectivity index (χ4v) is 5.62. The molecule has 2 saturated heterocycles. The molecule has 2 fully saturated rings. The van der Waals surface area contributed by atoms with Crippen molar-refractivity contribution < 1.29 is 29.0 Å². The third-order valence-electron chi connectivity index (χ3n) is 6.76. The Labute approximate surface area is 202 Å². The molecule has 2 N–H and O–H groups in total.